The van der Waals surface area contributed by atoms with E-state index >= 15 is 0 Å². The standard InChI is InChI=1S/C24H23F6N3O2/c25-23(26,27)19-10-17(11-20(12-19)24(28,29)30)14-34-15-22(18-4-2-1-3-5-18)6-8-33(9-7-22)13-21-31-16-35-32-21/h1-5,10-12,16H,6-9,13-15H2. The monoisotopic (exact) mass is 499 g/mol. The lowest BCUT2D eigenvalue weighted by molar-refractivity contribution is -0.143. The van der Waals surface area contributed by atoms with Gasteiger partial charge >= 0.3 is 12.4 Å². The molecule has 0 amide bonds. The van der Waals surface area contributed by atoms with Gasteiger partial charge in [-0.1, -0.05) is 35.5 Å². The predicted molar refractivity (Wildman–Crippen MR) is 113 cm³/mol. The van der Waals surface area contributed by atoms with E-state index in [4.69, 9.17) is 9.26 Å². The summed E-state index contributed by atoms with van der Waals surface area (Å²) in [6.07, 6.45) is -7.16. The van der Waals surface area contributed by atoms with Gasteiger partial charge in [-0.3, -0.25) is 4.90 Å². The van der Waals surface area contributed by atoms with Gasteiger partial charge in [0.1, 0.15) is 0 Å². The van der Waals surface area contributed by atoms with Crippen molar-refractivity contribution in [3.8, 4) is 0 Å². The molecule has 4 rings (SSSR count). The zero-order valence-corrected chi connectivity index (χ0v) is 18.6. The second-order valence-corrected chi connectivity index (χ2v) is 8.68. The van der Waals surface area contributed by atoms with Crippen LogP contribution in [0.1, 0.15) is 40.9 Å². The third-order valence-electron chi connectivity index (χ3n) is 6.27. The number of aromatic nitrogens is 2. The maximum Gasteiger partial charge on any atom is 0.416 e. The largest absolute Gasteiger partial charge is 0.416 e. The first kappa shape index (κ1) is 25.2. The van der Waals surface area contributed by atoms with Gasteiger partial charge in [0, 0.05) is 5.41 Å². The molecule has 0 spiro atoms. The lowest BCUT2D eigenvalue weighted by Gasteiger charge is -2.42. The first-order valence-corrected chi connectivity index (χ1v) is 10.9. The van der Waals surface area contributed by atoms with E-state index in [9.17, 15) is 26.3 Å². The summed E-state index contributed by atoms with van der Waals surface area (Å²) in [5, 5.41) is 3.82. The third-order valence-corrected chi connectivity index (χ3v) is 6.27. The van der Waals surface area contributed by atoms with E-state index in [1.54, 1.807) is 0 Å². The summed E-state index contributed by atoms with van der Waals surface area (Å²) < 4.78 is 89.6. The van der Waals surface area contributed by atoms with Gasteiger partial charge in [-0.2, -0.15) is 31.3 Å². The third kappa shape index (κ3) is 6.21. The first-order valence-electron chi connectivity index (χ1n) is 10.9. The van der Waals surface area contributed by atoms with Gasteiger partial charge in [-0.05, 0) is 55.3 Å². The van der Waals surface area contributed by atoms with Gasteiger partial charge in [0.25, 0.3) is 0 Å². The highest BCUT2D eigenvalue weighted by atomic mass is 19.4. The molecular formula is C24H23F6N3O2. The van der Waals surface area contributed by atoms with Crippen molar-refractivity contribution >= 4 is 0 Å². The minimum Gasteiger partial charge on any atom is -0.376 e. The Hall–Kier alpha value is -2.92. The number of rotatable bonds is 7. The molecule has 1 aliphatic rings. The molecule has 2 heterocycles. The fourth-order valence-electron chi connectivity index (χ4n) is 4.38. The second-order valence-electron chi connectivity index (χ2n) is 8.68. The summed E-state index contributed by atoms with van der Waals surface area (Å²) >= 11 is 0. The molecule has 0 atom stereocenters. The number of ether oxygens (including phenoxy) is 1. The van der Waals surface area contributed by atoms with Crippen LogP contribution in [-0.4, -0.2) is 34.7 Å². The van der Waals surface area contributed by atoms with E-state index in [0.29, 0.717) is 50.4 Å². The number of hydrogen-bond acceptors (Lipinski definition) is 5. The Kier molecular flexibility index (Phi) is 7.18. The highest BCUT2D eigenvalue weighted by molar-refractivity contribution is 5.33. The van der Waals surface area contributed by atoms with Crippen molar-refractivity contribution in [2.75, 3.05) is 19.7 Å². The van der Waals surface area contributed by atoms with Crippen LogP contribution < -0.4 is 0 Å². The van der Waals surface area contributed by atoms with E-state index in [0.717, 1.165) is 5.56 Å². The van der Waals surface area contributed by atoms with E-state index < -0.39 is 28.9 Å². The normalized spacial score (nSPS) is 17.0. The fourth-order valence-corrected chi connectivity index (χ4v) is 4.38. The minimum atomic E-state index is -4.90. The van der Waals surface area contributed by atoms with Gasteiger partial charge in [0.2, 0.25) is 6.39 Å². The number of halogens is 6. The molecule has 1 fully saturated rings. The van der Waals surface area contributed by atoms with Crippen molar-refractivity contribution in [3.63, 3.8) is 0 Å². The van der Waals surface area contributed by atoms with Crippen LogP contribution in [0, 0.1) is 0 Å². The van der Waals surface area contributed by atoms with Crippen molar-refractivity contribution in [3.05, 3.63) is 83.0 Å². The van der Waals surface area contributed by atoms with Gasteiger partial charge < -0.3 is 9.26 Å². The summed E-state index contributed by atoms with van der Waals surface area (Å²) in [6.45, 7) is 1.69. The van der Waals surface area contributed by atoms with Crippen molar-refractivity contribution in [2.45, 2.75) is 43.8 Å². The minimum absolute atomic E-state index is 0.119. The molecule has 3 aromatic rings. The SMILES string of the molecule is FC(F)(F)c1cc(COCC2(c3ccccc3)CCN(Cc3ncon3)CC2)cc(C(F)(F)F)c1. The van der Waals surface area contributed by atoms with Gasteiger partial charge in [-0.25, -0.2) is 0 Å². The van der Waals surface area contributed by atoms with E-state index in [2.05, 4.69) is 15.0 Å². The molecule has 35 heavy (non-hydrogen) atoms. The van der Waals surface area contributed by atoms with Crippen molar-refractivity contribution in [1.82, 2.24) is 15.0 Å². The molecule has 2 aromatic carbocycles. The van der Waals surface area contributed by atoms with Crippen LogP contribution in [0.2, 0.25) is 0 Å². The number of benzene rings is 2. The lowest BCUT2D eigenvalue weighted by atomic mass is 9.73. The number of likely N-dealkylation sites (tertiary alicyclic amines) is 1. The zero-order chi connectivity index (χ0) is 25.1. The molecule has 1 saturated heterocycles. The zero-order valence-electron chi connectivity index (χ0n) is 18.6. The van der Waals surface area contributed by atoms with Gasteiger partial charge in [-0.15, -0.1) is 0 Å². The fraction of sp³-hybridized carbons (Fsp3) is 0.417. The number of piperidine rings is 1. The smallest absolute Gasteiger partial charge is 0.376 e. The van der Waals surface area contributed by atoms with E-state index in [1.165, 1.54) is 6.39 Å². The number of hydrogen-bond donors (Lipinski definition) is 0. The van der Waals surface area contributed by atoms with Gasteiger partial charge in [0.05, 0.1) is 30.9 Å². The maximum atomic E-state index is 13.2. The average Bonchev–Trinajstić information content (AvgIpc) is 3.33. The molecule has 1 aromatic heterocycles. The Morgan fingerprint density at radius 1 is 0.914 bits per heavy atom. The van der Waals surface area contributed by atoms with Crippen LogP contribution in [0.3, 0.4) is 0 Å². The Labute approximate surface area is 197 Å². The van der Waals surface area contributed by atoms with Crippen LogP contribution in [0.15, 0.2) is 59.4 Å². The van der Waals surface area contributed by atoms with Crippen molar-refractivity contribution in [1.29, 1.82) is 0 Å². The summed E-state index contributed by atoms with van der Waals surface area (Å²) in [5.41, 5.74) is -2.29. The van der Waals surface area contributed by atoms with Crippen LogP contribution in [0.5, 0.6) is 0 Å². The Morgan fingerprint density at radius 3 is 2.09 bits per heavy atom. The first-order chi connectivity index (χ1) is 16.6. The Balaban J connectivity index is 1.49. The molecule has 11 heteroatoms. The van der Waals surface area contributed by atoms with Crippen molar-refractivity contribution in [2.24, 2.45) is 0 Å². The van der Waals surface area contributed by atoms with Crippen molar-refractivity contribution < 1.29 is 35.6 Å². The number of alkyl halides is 6. The molecule has 5 nitrogen and oxygen atoms in total. The quantitative estimate of drug-likeness (QED) is 0.382. The summed E-state index contributed by atoms with van der Waals surface area (Å²) in [6, 6.07) is 11.1. The molecular weight excluding hydrogens is 476 g/mol. The maximum absolute atomic E-state index is 13.2. The lowest BCUT2D eigenvalue weighted by Crippen LogP contribution is -2.45. The van der Waals surface area contributed by atoms with Crippen LogP contribution >= 0.6 is 0 Å². The Morgan fingerprint density at radius 2 is 1.54 bits per heavy atom. The molecule has 0 N–H and O–H groups in total. The molecule has 0 aliphatic carbocycles. The molecule has 0 saturated carbocycles. The highest BCUT2D eigenvalue weighted by Gasteiger charge is 2.38. The van der Waals surface area contributed by atoms with E-state index in [1.807, 2.05) is 30.3 Å². The number of nitrogens with zero attached hydrogens (tertiary/aromatic N) is 3. The molecule has 0 unspecified atom stereocenters. The summed E-state index contributed by atoms with van der Waals surface area (Å²) in [7, 11) is 0. The summed E-state index contributed by atoms with van der Waals surface area (Å²) in [4.78, 5) is 6.19. The molecule has 0 radical (unpaired) electrons. The summed E-state index contributed by atoms with van der Waals surface area (Å²) in [5.74, 6) is 0.568. The molecule has 188 valence electrons. The molecule has 0 bridgehead atoms. The van der Waals surface area contributed by atoms with E-state index in [-0.39, 0.29) is 24.8 Å². The highest BCUT2D eigenvalue weighted by Crippen LogP contribution is 2.38. The Bertz CT molecular complexity index is 1060. The van der Waals surface area contributed by atoms with Crippen LogP contribution in [0.25, 0.3) is 0 Å². The second kappa shape index (κ2) is 9.98. The average molecular weight is 499 g/mol. The van der Waals surface area contributed by atoms with Gasteiger partial charge in [0.15, 0.2) is 5.82 Å². The van der Waals surface area contributed by atoms with Crippen LogP contribution in [-0.2, 0) is 35.7 Å². The topological polar surface area (TPSA) is 51.4 Å². The predicted octanol–water partition coefficient (Wildman–Crippen LogP) is 5.86. The van der Waals surface area contributed by atoms with Crippen LogP contribution in [0.4, 0.5) is 26.3 Å². The molecule has 1 aliphatic heterocycles.